The number of rotatable bonds is 11. The van der Waals surface area contributed by atoms with E-state index in [1.807, 2.05) is 11.8 Å². The van der Waals surface area contributed by atoms with E-state index in [-0.39, 0.29) is 24.0 Å². The molecule has 184 valence electrons. The molecule has 2 aliphatic rings. The number of halogens is 3. The van der Waals surface area contributed by atoms with Crippen molar-refractivity contribution in [2.45, 2.75) is 74.5 Å². The number of thioether (sulfide) groups is 1. The van der Waals surface area contributed by atoms with Crippen molar-refractivity contribution in [3.63, 3.8) is 0 Å². The van der Waals surface area contributed by atoms with E-state index in [2.05, 4.69) is 16.0 Å². The van der Waals surface area contributed by atoms with E-state index in [9.17, 15) is 27.6 Å². The zero-order chi connectivity index (χ0) is 24.3. The van der Waals surface area contributed by atoms with Crippen LogP contribution in [0.3, 0.4) is 0 Å². The molecule has 0 spiro atoms. The number of carbonyl (C=O) groups is 4. The highest BCUT2D eigenvalue weighted by Crippen LogP contribution is 2.33. The van der Waals surface area contributed by atoms with Crippen molar-refractivity contribution in [2.75, 3.05) is 12.3 Å². The predicted molar refractivity (Wildman–Crippen MR) is 110 cm³/mol. The molecule has 10 nitrogen and oxygen atoms in total. The molecule has 32 heavy (non-hydrogen) atoms. The Kier molecular flexibility index (Phi) is 11.6. The Labute approximate surface area is 187 Å². The van der Waals surface area contributed by atoms with Crippen LogP contribution in [0, 0.1) is 0 Å². The summed E-state index contributed by atoms with van der Waals surface area (Å²) in [5.74, 6) is -2.74. The molecule has 2 rings (SSSR count). The molecular formula is C18H29F3N4O6S. The largest absolute Gasteiger partial charge is 0.490 e. The summed E-state index contributed by atoms with van der Waals surface area (Å²) in [6.45, 7) is 0.561. The Morgan fingerprint density at radius 1 is 1.16 bits per heavy atom. The molecule has 0 saturated carbocycles. The molecule has 0 bridgehead atoms. The second kappa shape index (κ2) is 13.4. The third kappa shape index (κ3) is 10.4. The number of carbonyl (C=O) groups excluding carboxylic acids is 2. The normalized spacial score (nSPS) is 22.6. The highest BCUT2D eigenvalue weighted by molar-refractivity contribution is 8.00. The van der Waals surface area contributed by atoms with Crippen molar-refractivity contribution in [1.29, 1.82) is 0 Å². The maximum atomic E-state index is 11.8. The van der Waals surface area contributed by atoms with E-state index < -0.39 is 24.2 Å². The van der Waals surface area contributed by atoms with Gasteiger partial charge in [0, 0.05) is 24.0 Å². The molecule has 14 heteroatoms. The molecular weight excluding hydrogens is 457 g/mol. The predicted octanol–water partition coefficient (Wildman–Crippen LogP) is 1.04. The third-order valence-electron chi connectivity index (χ3n) is 4.90. The lowest BCUT2D eigenvalue weighted by Gasteiger charge is -2.16. The summed E-state index contributed by atoms with van der Waals surface area (Å²) in [6.07, 6.45) is 0.0933. The summed E-state index contributed by atoms with van der Waals surface area (Å²) in [4.78, 5) is 42.6. The average molecular weight is 487 g/mol. The summed E-state index contributed by atoms with van der Waals surface area (Å²) >= 11 is 1.89. The van der Waals surface area contributed by atoms with E-state index in [1.165, 1.54) is 0 Å². The van der Waals surface area contributed by atoms with Crippen LogP contribution in [0.2, 0.25) is 0 Å². The van der Waals surface area contributed by atoms with Gasteiger partial charge in [-0.05, 0) is 32.1 Å². The van der Waals surface area contributed by atoms with Gasteiger partial charge in [-0.3, -0.25) is 9.59 Å². The standard InChI is InChI=1S/C16H28N4O4S.C2HF3O2/c17-10(15(22)23)5-3-4-8-18-13(21)7-2-1-6-12-14-11(9-25-12)19-16(24)20-14;3-2(4,5)1(6)7/h10-12,14H,1-9,17H2,(H,18,21)(H,22,23)(H2,19,20,24);(H,6,7). The average Bonchev–Trinajstić information content (AvgIpc) is 3.23. The number of carboxylic acid groups (broad SMARTS) is 2. The van der Waals surface area contributed by atoms with Gasteiger partial charge in [-0.25, -0.2) is 9.59 Å². The van der Waals surface area contributed by atoms with Gasteiger partial charge < -0.3 is 31.9 Å². The Morgan fingerprint density at radius 3 is 2.41 bits per heavy atom. The van der Waals surface area contributed by atoms with Crippen LogP contribution in [0.4, 0.5) is 18.0 Å². The Morgan fingerprint density at radius 2 is 1.81 bits per heavy atom. The first-order valence-corrected chi connectivity index (χ1v) is 11.2. The van der Waals surface area contributed by atoms with Gasteiger partial charge in [-0.15, -0.1) is 0 Å². The van der Waals surface area contributed by atoms with Crippen LogP contribution in [0.5, 0.6) is 0 Å². The SMILES string of the molecule is NC(CCCCNC(=O)CCCCC1SCC2NC(=O)NC21)C(=O)O.O=C(O)C(F)(F)F. The quantitative estimate of drug-likeness (QED) is 0.186. The molecule has 0 aromatic rings. The number of hydrogen-bond acceptors (Lipinski definition) is 6. The van der Waals surface area contributed by atoms with Crippen molar-refractivity contribution in [1.82, 2.24) is 16.0 Å². The van der Waals surface area contributed by atoms with E-state index in [1.54, 1.807) is 0 Å². The molecule has 0 aromatic carbocycles. The van der Waals surface area contributed by atoms with Crippen LogP contribution in [-0.4, -0.2) is 75.9 Å². The van der Waals surface area contributed by atoms with Gasteiger partial charge in [0.15, 0.2) is 0 Å². The van der Waals surface area contributed by atoms with Crippen LogP contribution >= 0.6 is 11.8 Å². The van der Waals surface area contributed by atoms with E-state index in [0.29, 0.717) is 31.1 Å². The molecule has 4 atom stereocenters. The fourth-order valence-electron chi connectivity index (χ4n) is 3.20. The molecule has 4 unspecified atom stereocenters. The minimum atomic E-state index is -5.08. The summed E-state index contributed by atoms with van der Waals surface area (Å²) in [5.41, 5.74) is 5.42. The van der Waals surface area contributed by atoms with Crippen LogP contribution in [0.1, 0.15) is 44.9 Å². The minimum Gasteiger partial charge on any atom is -0.480 e. The summed E-state index contributed by atoms with van der Waals surface area (Å²) in [5, 5.41) is 25.0. The van der Waals surface area contributed by atoms with Crippen molar-refractivity contribution < 1.29 is 42.6 Å². The lowest BCUT2D eigenvalue weighted by atomic mass is 10.0. The lowest BCUT2D eigenvalue weighted by molar-refractivity contribution is -0.192. The van der Waals surface area contributed by atoms with E-state index in [4.69, 9.17) is 20.7 Å². The summed E-state index contributed by atoms with van der Waals surface area (Å²) in [7, 11) is 0. The van der Waals surface area contributed by atoms with Crippen LogP contribution < -0.4 is 21.7 Å². The lowest BCUT2D eigenvalue weighted by Crippen LogP contribution is -2.36. The maximum Gasteiger partial charge on any atom is 0.490 e. The maximum absolute atomic E-state index is 11.8. The summed E-state index contributed by atoms with van der Waals surface area (Å²) in [6, 6.07) is -0.406. The fourth-order valence-corrected chi connectivity index (χ4v) is 4.75. The molecule has 0 aromatic heterocycles. The number of hydrogen-bond donors (Lipinski definition) is 6. The van der Waals surface area contributed by atoms with Gasteiger partial charge in [-0.1, -0.05) is 6.42 Å². The number of unbranched alkanes of at least 4 members (excludes halogenated alkanes) is 2. The number of nitrogens with one attached hydrogen (secondary N) is 3. The molecule has 7 N–H and O–H groups in total. The number of fused-ring (bicyclic) bond motifs is 1. The number of urea groups is 1. The Bertz CT molecular complexity index is 667. The number of alkyl halides is 3. The first-order chi connectivity index (χ1) is 14.9. The first kappa shape index (κ1) is 27.8. The number of amides is 3. The van der Waals surface area contributed by atoms with Crippen LogP contribution in [0.15, 0.2) is 0 Å². The zero-order valence-electron chi connectivity index (χ0n) is 17.3. The third-order valence-corrected chi connectivity index (χ3v) is 6.41. The van der Waals surface area contributed by atoms with Gasteiger partial charge in [0.05, 0.1) is 12.1 Å². The van der Waals surface area contributed by atoms with Crippen LogP contribution in [-0.2, 0) is 14.4 Å². The van der Waals surface area contributed by atoms with E-state index in [0.717, 1.165) is 31.4 Å². The van der Waals surface area contributed by atoms with Gasteiger partial charge in [-0.2, -0.15) is 24.9 Å². The molecule has 2 fully saturated rings. The molecule has 0 radical (unpaired) electrons. The van der Waals surface area contributed by atoms with Gasteiger partial charge in [0.25, 0.3) is 0 Å². The molecule has 0 aliphatic carbocycles. The summed E-state index contributed by atoms with van der Waals surface area (Å²) < 4.78 is 31.7. The second-order valence-electron chi connectivity index (χ2n) is 7.46. The minimum absolute atomic E-state index is 0.0373. The van der Waals surface area contributed by atoms with Gasteiger partial charge in [0.1, 0.15) is 6.04 Å². The first-order valence-electron chi connectivity index (χ1n) is 10.2. The van der Waals surface area contributed by atoms with Gasteiger partial charge >= 0.3 is 24.1 Å². The fraction of sp³-hybridized carbons (Fsp3) is 0.778. The van der Waals surface area contributed by atoms with E-state index >= 15 is 0 Å². The van der Waals surface area contributed by atoms with Crippen molar-refractivity contribution in [3.05, 3.63) is 0 Å². The molecule has 2 heterocycles. The van der Waals surface area contributed by atoms with Gasteiger partial charge in [0.2, 0.25) is 5.91 Å². The number of aliphatic carboxylic acids is 2. The number of carboxylic acids is 2. The zero-order valence-corrected chi connectivity index (χ0v) is 18.1. The smallest absolute Gasteiger partial charge is 0.480 e. The number of nitrogens with two attached hydrogens (primary N) is 1. The monoisotopic (exact) mass is 486 g/mol. The Balaban J connectivity index is 0.000000633. The van der Waals surface area contributed by atoms with Crippen molar-refractivity contribution >= 4 is 35.6 Å². The highest BCUT2D eigenvalue weighted by Gasteiger charge is 2.42. The molecule has 2 aliphatic heterocycles. The molecule has 3 amide bonds. The second-order valence-corrected chi connectivity index (χ2v) is 8.73. The topological polar surface area (TPSA) is 171 Å². The highest BCUT2D eigenvalue weighted by atomic mass is 32.2. The van der Waals surface area contributed by atoms with Crippen molar-refractivity contribution in [2.24, 2.45) is 5.73 Å². The van der Waals surface area contributed by atoms with Crippen LogP contribution in [0.25, 0.3) is 0 Å². The Hall–Kier alpha value is -2.22. The molecule has 2 saturated heterocycles. The van der Waals surface area contributed by atoms with Crippen molar-refractivity contribution in [3.8, 4) is 0 Å².